The first kappa shape index (κ1) is 8.99. The minimum Gasteiger partial charge on any atom is -0.355 e. The summed E-state index contributed by atoms with van der Waals surface area (Å²) in [6, 6.07) is 1.81. The molecule has 14 heavy (non-hydrogen) atoms. The number of nitrogens with zero attached hydrogens (tertiary/aromatic N) is 1. The van der Waals surface area contributed by atoms with Crippen molar-refractivity contribution < 1.29 is 0 Å². The molecular formula is C10H13N3O. The molecule has 2 rings (SSSR count). The van der Waals surface area contributed by atoms with E-state index >= 15 is 0 Å². The Balaban J connectivity index is 2.77. The molecule has 4 nitrogen and oxygen atoms in total. The van der Waals surface area contributed by atoms with Crippen LogP contribution in [0.1, 0.15) is 26.6 Å². The van der Waals surface area contributed by atoms with Crippen molar-refractivity contribution >= 4 is 11.0 Å². The molecule has 4 heteroatoms. The van der Waals surface area contributed by atoms with Gasteiger partial charge in [-0.2, -0.15) is 0 Å². The largest absolute Gasteiger partial charge is 0.355 e. The number of hydrogen-bond donors (Lipinski definition) is 2. The van der Waals surface area contributed by atoms with Crippen molar-refractivity contribution in [3.05, 3.63) is 28.4 Å². The Morgan fingerprint density at radius 1 is 1.36 bits per heavy atom. The molecule has 0 fully saturated rings. The molecule has 74 valence electrons. The Hall–Kier alpha value is -1.58. The fourth-order valence-electron chi connectivity index (χ4n) is 1.31. The van der Waals surface area contributed by atoms with Gasteiger partial charge in [-0.3, -0.25) is 4.79 Å². The van der Waals surface area contributed by atoms with E-state index in [-0.39, 0.29) is 11.0 Å². The molecule has 0 saturated carbocycles. The van der Waals surface area contributed by atoms with Crippen LogP contribution in [0.15, 0.2) is 17.1 Å². The van der Waals surface area contributed by atoms with Crippen LogP contribution in [0.4, 0.5) is 0 Å². The smallest absolute Gasteiger partial charge is 0.275 e. The number of aromatic amines is 2. The molecule has 0 radical (unpaired) electrons. The maximum atomic E-state index is 11.6. The molecular weight excluding hydrogens is 178 g/mol. The number of aromatic nitrogens is 3. The summed E-state index contributed by atoms with van der Waals surface area (Å²) in [7, 11) is 0. The van der Waals surface area contributed by atoms with Gasteiger partial charge in [0.25, 0.3) is 5.56 Å². The van der Waals surface area contributed by atoms with Gasteiger partial charge in [0.15, 0.2) is 0 Å². The predicted octanol–water partition coefficient (Wildman–Crippen LogP) is 1.55. The number of hydrogen-bond acceptors (Lipinski definition) is 2. The van der Waals surface area contributed by atoms with Gasteiger partial charge in [-0.05, 0) is 6.07 Å². The molecule has 2 heterocycles. The molecule has 0 aliphatic heterocycles. The van der Waals surface area contributed by atoms with Crippen LogP contribution in [0.5, 0.6) is 0 Å². The van der Waals surface area contributed by atoms with Gasteiger partial charge in [0.1, 0.15) is 11.3 Å². The highest BCUT2D eigenvalue weighted by molar-refractivity contribution is 5.73. The molecule has 0 aromatic carbocycles. The summed E-state index contributed by atoms with van der Waals surface area (Å²) in [6.07, 6.45) is 1.72. The summed E-state index contributed by atoms with van der Waals surface area (Å²) < 4.78 is 0. The van der Waals surface area contributed by atoms with Gasteiger partial charge >= 0.3 is 0 Å². The normalized spacial score (nSPS) is 12.2. The van der Waals surface area contributed by atoms with E-state index in [1.165, 1.54) is 0 Å². The van der Waals surface area contributed by atoms with Crippen LogP contribution in [0.3, 0.4) is 0 Å². The van der Waals surface area contributed by atoms with E-state index in [9.17, 15) is 4.79 Å². The number of nitrogens with one attached hydrogen (secondary N) is 2. The lowest BCUT2D eigenvalue weighted by Crippen LogP contribution is -2.21. The van der Waals surface area contributed by atoms with Gasteiger partial charge in [-0.15, -0.1) is 0 Å². The van der Waals surface area contributed by atoms with E-state index in [1.807, 2.05) is 20.8 Å². The highest BCUT2D eigenvalue weighted by atomic mass is 16.1. The van der Waals surface area contributed by atoms with Crippen molar-refractivity contribution in [2.75, 3.05) is 0 Å². The van der Waals surface area contributed by atoms with Crippen molar-refractivity contribution in [3.63, 3.8) is 0 Å². The highest BCUT2D eigenvalue weighted by Gasteiger charge is 2.17. The highest BCUT2D eigenvalue weighted by Crippen LogP contribution is 2.17. The van der Waals surface area contributed by atoms with Crippen molar-refractivity contribution in [2.24, 2.45) is 0 Å². The summed E-state index contributed by atoms with van der Waals surface area (Å²) in [5.74, 6) is 0.717. The molecule has 2 aromatic rings. The molecule has 0 atom stereocenters. The monoisotopic (exact) mass is 191 g/mol. The molecule has 2 aromatic heterocycles. The summed E-state index contributed by atoms with van der Waals surface area (Å²) in [6.45, 7) is 6.05. The van der Waals surface area contributed by atoms with E-state index in [4.69, 9.17) is 0 Å². The van der Waals surface area contributed by atoms with E-state index in [1.54, 1.807) is 12.3 Å². The van der Waals surface area contributed by atoms with Crippen molar-refractivity contribution in [2.45, 2.75) is 26.2 Å². The van der Waals surface area contributed by atoms with Crippen LogP contribution in [0.2, 0.25) is 0 Å². The minimum absolute atomic E-state index is 0.107. The molecule has 0 unspecified atom stereocenters. The standard InChI is InChI=1S/C10H13N3O/c1-10(2,3)9-12-6-4-5-11-7(6)8(14)13-9/h4-5,11H,1-3H3,(H,12,13,14). The van der Waals surface area contributed by atoms with Crippen molar-refractivity contribution in [1.82, 2.24) is 15.0 Å². The third kappa shape index (κ3) is 1.32. The second kappa shape index (κ2) is 2.70. The van der Waals surface area contributed by atoms with Gasteiger partial charge in [0.05, 0.1) is 5.52 Å². The predicted molar refractivity (Wildman–Crippen MR) is 55.4 cm³/mol. The van der Waals surface area contributed by atoms with Gasteiger partial charge in [0, 0.05) is 11.6 Å². The molecule has 0 aliphatic carbocycles. The summed E-state index contributed by atoms with van der Waals surface area (Å²) in [5.41, 5.74) is 1.02. The zero-order chi connectivity index (χ0) is 10.3. The number of fused-ring (bicyclic) bond motifs is 1. The Morgan fingerprint density at radius 2 is 2.07 bits per heavy atom. The third-order valence-electron chi connectivity index (χ3n) is 2.13. The number of H-pyrrole nitrogens is 2. The fraction of sp³-hybridized carbons (Fsp3) is 0.400. The third-order valence-corrected chi connectivity index (χ3v) is 2.13. The molecule has 2 N–H and O–H groups in total. The Labute approximate surface area is 81.4 Å². The first-order valence-corrected chi connectivity index (χ1v) is 4.56. The van der Waals surface area contributed by atoms with Gasteiger partial charge in [-0.1, -0.05) is 20.8 Å². The van der Waals surface area contributed by atoms with Crippen LogP contribution in [-0.4, -0.2) is 15.0 Å². The quantitative estimate of drug-likeness (QED) is 0.663. The lowest BCUT2D eigenvalue weighted by molar-refractivity contribution is 0.546. The maximum Gasteiger partial charge on any atom is 0.275 e. The van der Waals surface area contributed by atoms with Crippen LogP contribution in [0.25, 0.3) is 11.0 Å². The van der Waals surface area contributed by atoms with E-state index in [0.29, 0.717) is 5.52 Å². The first-order chi connectivity index (χ1) is 6.48. The van der Waals surface area contributed by atoms with Gasteiger partial charge < -0.3 is 9.97 Å². The van der Waals surface area contributed by atoms with E-state index in [0.717, 1.165) is 11.3 Å². The van der Waals surface area contributed by atoms with Crippen molar-refractivity contribution in [1.29, 1.82) is 0 Å². The first-order valence-electron chi connectivity index (χ1n) is 4.56. The average Bonchev–Trinajstić information content (AvgIpc) is 2.50. The SMILES string of the molecule is CC(C)(C)c1nc2cc[nH]c2c(=O)[nH]1. The molecule has 0 amide bonds. The maximum absolute atomic E-state index is 11.6. The van der Waals surface area contributed by atoms with E-state index < -0.39 is 0 Å². The molecule has 0 saturated heterocycles. The van der Waals surface area contributed by atoms with Crippen LogP contribution in [0, 0.1) is 0 Å². The van der Waals surface area contributed by atoms with Gasteiger partial charge in [0.2, 0.25) is 0 Å². The summed E-state index contributed by atoms with van der Waals surface area (Å²) in [4.78, 5) is 21.6. The number of rotatable bonds is 0. The lowest BCUT2D eigenvalue weighted by atomic mass is 9.96. The Kier molecular flexibility index (Phi) is 1.74. The molecule has 0 bridgehead atoms. The molecule has 0 spiro atoms. The lowest BCUT2D eigenvalue weighted by Gasteiger charge is -2.16. The Bertz CT molecular complexity index is 516. The fourth-order valence-corrected chi connectivity index (χ4v) is 1.31. The average molecular weight is 191 g/mol. The zero-order valence-electron chi connectivity index (χ0n) is 8.51. The topological polar surface area (TPSA) is 61.5 Å². The van der Waals surface area contributed by atoms with Crippen LogP contribution < -0.4 is 5.56 Å². The summed E-state index contributed by atoms with van der Waals surface area (Å²) in [5, 5.41) is 0. The zero-order valence-corrected chi connectivity index (χ0v) is 8.51. The summed E-state index contributed by atoms with van der Waals surface area (Å²) >= 11 is 0. The second-order valence-electron chi connectivity index (χ2n) is 4.40. The van der Waals surface area contributed by atoms with Crippen molar-refractivity contribution in [3.8, 4) is 0 Å². The van der Waals surface area contributed by atoms with E-state index in [2.05, 4.69) is 15.0 Å². The molecule has 0 aliphatic rings. The van der Waals surface area contributed by atoms with Crippen LogP contribution in [-0.2, 0) is 5.41 Å². The minimum atomic E-state index is -0.134. The Morgan fingerprint density at radius 3 is 2.71 bits per heavy atom. The van der Waals surface area contributed by atoms with Gasteiger partial charge in [-0.25, -0.2) is 4.98 Å². The van der Waals surface area contributed by atoms with Crippen LogP contribution >= 0.6 is 0 Å². The second-order valence-corrected chi connectivity index (χ2v) is 4.40.